The van der Waals surface area contributed by atoms with Crippen LogP contribution >= 0.6 is 0 Å². The number of ether oxygens (including phenoxy) is 2. The van der Waals surface area contributed by atoms with Gasteiger partial charge in [0, 0.05) is 6.61 Å². The molecule has 0 spiro atoms. The summed E-state index contributed by atoms with van der Waals surface area (Å²) in [5.74, 6) is 0.656. The molecule has 1 fully saturated rings. The molecule has 2 heteroatoms. The van der Waals surface area contributed by atoms with Gasteiger partial charge in [0.25, 0.3) is 0 Å². The standard InChI is InChI=1S/C20H30O2/c1-3-8-19-11-7-12-20(22-19)15-17(2)13-14-21-16-18-9-5-4-6-10-18/h3-6,9-10,17,19-20H,1,7-8,11-16H2,2H3/t17-,19-,20-/m0/s1. The SMILES string of the molecule is C=CC[C@H]1CCC[C@@H](C[C@@H](C)CCOCc2ccccc2)O1. The first-order chi connectivity index (χ1) is 10.8. The topological polar surface area (TPSA) is 18.5 Å². The second kappa shape index (κ2) is 9.81. The lowest BCUT2D eigenvalue weighted by atomic mass is 9.94. The van der Waals surface area contributed by atoms with Crippen molar-refractivity contribution in [1.82, 2.24) is 0 Å². The molecule has 1 aliphatic heterocycles. The zero-order valence-electron chi connectivity index (χ0n) is 13.9. The summed E-state index contributed by atoms with van der Waals surface area (Å²) in [6.07, 6.45) is 9.76. The Morgan fingerprint density at radius 2 is 2.05 bits per heavy atom. The van der Waals surface area contributed by atoms with E-state index in [-0.39, 0.29) is 0 Å². The molecule has 1 aromatic carbocycles. The molecule has 0 amide bonds. The lowest BCUT2D eigenvalue weighted by Gasteiger charge is -2.31. The molecule has 2 nitrogen and oxygen atoms in total. The highest BCUT2D eigenvalue weighted by atomic mass is 16.5. The van der Waals surface area contributed by atoms with E-state index in [1.165, 1.54) is 24.8 Å². The summed E-state index contributed by atoms with van der Waals surface area (Å²) in [7, 11) is 0. The van der Waals surface area contributed by atoms with Crippen LogP contribution in [0.4, 0.5) is 0 Å². The van der Waals surface area contributed by atoms with E-state index >= 15 is 0 Å². The summed E-state index contributed by atoms with van der Waals surface area (Å²) in [6, 6.07) is 10.4. The average Bonchev–Trinajstić information content (AvgIpc) is 2.53. The minimum atomic E-state index is 0.401. The van der Waals surface area contributed by atoms with Crippen molar-refractivity contribution in [1.29, 1.82) is 0 Å². The molecule has 122 valence electrons. The first kappa shape index (κ1) is 17.2. The molecule has 2 rings (SSSR count). The van der Waals surface area contributed by atoms with E-state index in [4.69, 9.17) is 9.47 Å². The van der Waals surface area contributed by atoms with Gasteiger partial charge in [-0.1, -0.05) is 43.3 Å². The lowest BCUT2D eigenvalue weighted by Crippen LogP contribution is -2.28. The number of rotatable bonds is 9. The van der Waals surface area contributed by atoms with Gasteiger partial charge < -0.3 is 9.47 Å². The smallest absolute Gasteiger partial charge is 0.0716 e. The van der Waals surface area contributed by atoms with Crippen molar-refractivity contribution >= 4 is 0 Å². The highest BCUT2D eigenvalue weighted by Gasteiger charge is 2.22. The predicted molar refractivity (Wildman–Crippen MR) is 91.8 cm³/mol. The van der Waals surface area contributed by atoms with Crippen LogP contribution in [-0.2, 0) is 16.1 Å². The van der Waals surface area contributed by atoms with Crippen LogP contribution in [0.25, 0.3) is 0 Å². The molecule has 0 radical (unpaired) electrons. The highest BCUT2D eigenvalue weighted by molar-refractivity contribution is 5.13. The first-order valence-corrected chi connectivity index (χ1v) is 8.66. The molecule has 0 saturated carbocycles. The molecule has 0 unspecified atom stereocenters. The number of hydrogen-bond acceptors (Lipinski definition) is 2. The monoisotopic (exact) mass is 302 g/mol. The molecule has 1 aliphatic rings. The molecule has 0 N–H and O–H groups in total. The Bertz CT molecular complexity index is 415. The van der Waals surface area contributed by atoms with Crippen molar-refractivity contribution in [3.63, 3.8) is 0 Å². The van der Waals surface area contributed by atoms with Gasteiger partial charge in [-0.25, -0.2) is 0 Å². The summed E-state index contributed by atoms with van der Waals surface area (Å²) in [5.41, 5.74) is 1.25. The Kier molecular flexibility index (Phi) is 7.68. The van der Waals surface area contributed by atoms with Crippen LogP contribution in [-0.4, -0.2) is 18.8 Å². The normalized spacial score (nSPS) is 23.1. The van der Waals surface area contributed by atoms with E-state index in [2.05, 4.69) is 37.8 Å². The van der Waals surface area contributed by atoms with Crippen LogP contribution in [0.2, 0.25) is 0 Å². The maximum atomic E-state index is 6.16. The molecular formula is C20H30O2. The quantitative estimate of drug-likeness (QED) is 0.465. The van der Waals surface area contributed by atoms with Crippen molar-refractivity contribution in [2.45, 2.75) is 64.3 Å². The van der Waals surface area contributed by atoms with Gasteiger partial charge in [-0.2, -0.15) is 0 Å². The zero-order chi connectivity index (χ0) is 15.6. The van der Waals surface area contributed by atoms with E-state index in [9.17, 15) is 0 Å². The van der Waals surface area contributed by atoms with Crippen molar-refractivity contribution in [2.75, 3.05) is 6.61 Å². The Balaban J connectivity index is 1.59. The van der Waals surface area contributed by atoms with Gasteiger partial charge in [-0.15, -0.1) is 6.58 Å². The summed E-state index contributed by atoms with van der Waals surface area (Å²) in [4.78, 5) is 0. The second-order valence-corrected chi connectivity index (χ2v) is 6.50. The summed E-state index contributed by atoms with van der Waals surface area (Å²) >= 11 is 0. The van der Waals surface area contributed by atoms with Crippen molar-refractivity contribution in [3.8, 4) is 0 Å². The van der Waals surface area contributed by atoms with Gasteiger partial charge in [0.1, 0.15) is 0 Å². The second-order valence-electron chi connectivity index (χ2n) is 6.50. The fourth-order valence-electron chi connectivity index (χ4n) is 3.13. The minimum Gasteiger partial charge on any atom is -0.377 e. The van der Waals surface area contributed by atoms with E-state index in [0.29, 0.717) is 18.1 Å². The predicted octanol–water partition coefficient (Wildman–Crippen LogP) is 5.13. The molecule has 0 bridgehead atoms. The van der Waals surface area contributed by atoms with Crippen LogP contribution in [0.15, 0.2) is 43.0 Å². The molecule has 0 aromatic heterocycles. The molecule has 1 heterocycles. The Morgan fingerprint density at radius 1 is 1.27 bits per heavy atom. The fraction of sp³-hybridized carbons (Fsp3) is 0.600. The lowest BCUT2D eigenvalue weighted by molar-refractivity contribution is -0.0581. The Morgan fingerprint density at radius 3 is 2.82 bits per heavy atom. The van der Waals surface area contributed by atoms with Crippen molar-refractivity contribution < 1.29 is 9.47 Å². The van der Waals surface area contributed by atoms with Crippen LogP contribution in [0.5, 0.6) is 0 Å². The third-order valence-electron chi connectivity index (χ3n) is 4.40. The fourth-order valence-corrected chi connectivity index (χ4v) is 3.13. The van der Waals surface area contributed by atoms with Crippen molar-refractivity contribution in [3.05, 3.63) is 48.6 Å². The molecule has 1 saturated heterocycles. The van der Waals surface area contributed by atoms with Gasteiger partial charge in [-0.05, 0) is 50.0 Å². The largest absolute Gasteiger partial charge is 0.377 e. The summed E-state index contributed by atoms with van der Waals surface area (Å²) < 4.78 is 11.9. The van der Waals surface area contributed by atoms with Gasteiger partial charge in [-0.3, -0.25) is 0 Å². The molecule has 3 atom stereocenters. The van der Waals surface area contributed by atoms with Gasteiger partial charge in [0.2, 0.25) is 0 Å². The third-order valence-corrected chi connectivity index (χ3v) is 4.40. The van der Waals surface area contributed by atoms with Gasteiger partial charge >= 0.3 is 0 Å². The molecule has 0 aliphatic carbocycles. The molecular weight excluding hydrogens is 272 g/mol. The average molecular weight is 302 g/mol. The van der Waals surface area contributed by atoms with E-state index < -0.39 is 0 Å². The highest BCUT2D eigenvalue weighted by Crippen LogP contribution is 2.26. The Hall–Kier alpha value is -1.12. The molecule has 1 aromatic rings. The maximum Gasteiger partial charge on any atom is 0.0716 e. The van der Waals surface area contributed by atoms with Crippen molar-refractivity contribution in [2.24, 2.45) is 5.92 Å². The van der Waals surface area contributed by atoms with Gasteiger partial charge in [0.05, 0.1) is 18.8 Å². The molecule has 22 heavy (non-hydrogen) atoms. The van der Waals surface area contributed by atoms with E-state index in [1.807, 2.05) is 12.1 Å². The van der Waals surface area contributed by atoms with E-state index in [1.54, 1.807) is 0 Å². The number of hydrogen-bond donors (Lipinski definition) is 0. The summed E-state index contributed by atoms with van der Waals surface area (Å²) in [6.45, 7) is 7.68. The van der Waals surface area contributed by atoms with Crippen LogP contribution in [0.3, 0.4) is 0 Å². The Labute approximate surface area is 135 Å². The van der Waals surface area contributed by atoms with E-state index in [0.717, 1.165) is 32.5 Å². The van der Waals surface area contributed by atoms with Crippen LogP contribution in [0, 0.1) is 5.92 Å². The third kappa shape index (κ3) is 6.33. The maximum absolute atomic E-state index is 6.16. The number of benzene rings is 1. The minimum absolute atomic E-state index is 0.401. The first-order valence-electron chi connectivity index (χ1n) is 8.66. The van der Waals surface area contributed by atoms with Crippen LogP contribution < -0.4 is 0 Å². The summed E-state index contributed by atoms with van der Waals surface area (Å²) in [5, 5.41) is 0. The van der Waals surface area contributed by atoms with Crippen LogP contribution in [0.1, 0.15) is 51.0 Å². The zero-order valence-corrected chi connectivity index (χ0v) is 13.9. The van der Waals surface area contributed by atoms with Gasteiger partial charge in [0.15, 0.2) is 0 Å².